The van der Waals surface area contributed by atoms with E-state index in [1.807, 2.05) is 6.08 Å². The van der Waals surface area contributed by atoms with Gasteiger partial charge in [-0.15, -0.1) is 0 Å². The Morgan fingerprint density at radius 1 is 0.309 bits per heavy atom. The molecule has 0 bridgehead atoms. The van der Waals surface area contributed by atoms with Gasteiger partial charge in [-0.2, -0.15) is 0 Å². The summed E-state index contributed by atoms with van der Waals surface area (Å²) >= 11 is 0. The van der Waals surface area contributed by atoms with Crippen LogP contribution in [0.3, 0.4) is 0 Å². The highest BCUT2D eigenvalue weighted by molar-refractivity contribution is 5.71. The summed E-state index contributed by atoms with van der Waals surface area (Å²) in [6, 6.07) is 0. The second-order valence-electron chi connectivity index (χ2n) is 18.5. The number of hydrogen-bond acceptors (Lipinski definition) is 6. The molecule has 0 heterocycles. The first kappa shape index (κ1) is 64.3. The van der Waals surface area contributed by atoms with Crippen LogP contribution in [-0.4, -0.2) is 37.2 Å². The first-order valence-corrected chi connectivity index (χ1v) is 28.2. The molecule has 0 aromatic heterocycles. The van der Waals surface area contributed by atoms with Crippen LogP contribution in [0.15, 0.2) is 97.2 Å². The maximum absolute atomic E-state index is 12.8. The minimum Gasteiger partial charge on any atom is -0.462 e. The van der Waals surface area contributed by atoms with Crippen molar-refractivity contribution in [2.75, 3.05) is 13.2 Å². The summed E-state index contributed by atoms with van der Waals surface area (Å²) in [5.74, 6) is -0.995. The molecule has 0 aliphatic carbocycles. The van der Waals surface area contributed by atoms with Gasteiger partial charge in [-0.1, -0.05) is 246 Å². The molecule has 6 heteroatoms. The van der Waals surface area contributed by atoms with Gasteiger partial charge in [0.25, 0.3) is 0 Å². The fourth-order valence-electron chi connectivity index (χ4n) is 7.62. The Hall–Kier alpha value is -3.67. The number of unbranched alkanes of at least 4 members (excludes halogenated alkanes) is 23. The predicted octanol–water partition coefficient (Wildman–Crippen LogP) is 18.9. The largest absolute Gasteiger partial charge is 0.462 e. The van der Waals surface area contributed by atoms with Gasteiger partial charge in [0, 0.05) is 19.3 Å². The van der Waals surface area contributed by atoms with Crippen molar-refractivity contribution in [3.8, 4) is 0 Å². The van der Waals surface area contributed by atoms with Crippen molar-refractivity contribution < 1.29 is 28.6 Å². The third-order valence-electron chi connectivity index (χ3n) is 11.8. The zero-order valence-corrected chi connectivity index (χ0v) is 44.3. The molecule has 0 rings (SSSR count). The van der Waals surface area contributed by atoms with Crippen molar-refractivity contribution in [2.24, 2.45) is 0 Å². The van der Waals surface area contributed by atoms with Gasteiger partial charge in [0.1, 0.15) is 13.2 Å². The standard InChI is InChI=1S/C62H104O6/c1-4-7-10-13-16-19-22-25-28-30-31-33-34-37-40-43-46-49-52-55-61(64)67-58-59(57-66-60(63)54-51-48-45-42-39-36-27-24-21-18-15-12-9-6-3)68-62(65)56-53-50-47-44-41-38-35-32-29-26-23-20-17-14-11-8-5-2/h7,10,16-17,19-20,25-26,28-29,31,33,37,40,46,49,59H,4-6,8-9,11-15,18,21-24,27,30,32,34-36,38-39,41-45,47-48,50-58H2,1-3H3/b10-7-,19-16-,20-17-,28-25-,29-26-,33-31-,40-37-,49-46-/t59-/m1/s1. The third kappa shape index (κ3) is 53.3. The van der Waals surface area contributed by atoms with E-state index in [1.165, 1.54) is 122 Å². The van der Waals surface area contributed by atoms with Gasteiger partial charge in [-0.25, -0.2) is 0 Å². The lowest BCUT2D eigenvalue weighted by Gasteiger charge is -2.18. The molecule has 0 aromatic carbocycles. The minimum absolute atomic E-state index is 0.103. The Morgan fingerprint density at radius 2 is 0.603 bits per heavy atom. The predicted molar refractivity (Wildman–Crippen MR) is 293 cm³/mol. The van der Waals surface area contributed by atoms with Crippen molar-refractivity contribution in [1.82, 2.24) is 0 Å². The highest BCUT2D eigenvalue weighted by atomic mass is 16.6. The second-order valence-corrected chi connectivity index (χ2v) is 18.5. The fourth-order valence-corrected chi connectivity index (χ4v) is 7.62. The first-order chi connectivity index (χ1) is 33.5. The maximum atomic E-state index is 12.8. The molecule has 0 unspecified atom stereocenters. The highest BCUT2D eigenvalue weighted by Crippen LogP contribution is 2.15. The van der Waals surface area contributed by atoms with E-state index in [4.69, 9.17) is 14.2 Å². The van der Waals surface area contributed by atoms with Crippen LogP contribution in [0.1, 0.15) is 258 Å². The van der Waals surface area contributed by atoms with Crippen LogP contribution in [0.25, 0.3) is 0 Å². The Kier molecular flexibility index (Phi) is 52.9. The zero-order chi connectivity index (χ0) is 49.3. The lowest BCUT2D eigenvalue weighted by molar-refractivity contribution is -0.166. The maximum Gasteiger partial charge on any atom is 0.306 e. The van der Waals surface area contributed by atoms with Gasteiger partial charge in [-0.05, 0) is 89.9 Å². The Morgan fingerprint density at radius 3 is 1.01 bits per heavy atom. The smallest absolute Gasteiger partial charge is 0.306 e. The van der Waals surface area contributed by atoms with E-state index in [9.17, 15) is 14.4 Å². The van der Waals surface area contributed by atoms with E-state index in [1.54, 1.807) is 0 Å². The molecular formula is C62H104O6. The van der Waals surface area contributed by atoms with Gasteiger partial charge in [0.2, 0.25) is 0 Å². The summed E-state index contributed by atoms with van der Waals surface area (Å²) in [4.78, 5) is 38.1. The molecule has 0 saturated heterocycles. The van der Waals surface area contributed by atoms with Crippen molar-refractivity contribution >= 4 is 17.9 Å². The van der Waals surface area contributed by atoms with Crippen molar-refractivity contribution in [3.63, 3.8) is 0 Å². The van der Waals surface area contributed by atoms with Crippen LogP contribution in [0.4, 0.5) is 0 Å². The van der Waals surface area contributed by atoms with E-state index in [2.05, 4.69) is 112 Å². The fraction of sp³-hybridized carbons (Fsp3) is 0.694. The normalized spacial score (nSPS) is 12.8. The summed E-state index contributed by atoms with van der Waals surface area (Å²) < 4.78 is 16.8. The summed E-state index contributed by atoms with van der Waals surface area (Å²) in [6.07, 6.45) is 74.0. The number of allylic oxidation sites excluding steroid dienone is 16. The molecule has 6 nitrogen and oxygen atoms in total. The van der Waals surface area contributed by atoms with Gasteiger partial charge < -0.3 is 14.2 Å². The number of esters is 3. The Labute approximate surface area is 419 Å². The van der Waals surface area contributed by atoms with Crippen LogP contribution >= 0.6 is 0 Å². The van der Waals surface area contributed by atoms with Gasteiger partial charge in [0.05, 0.1) is 0 Å². The molecule has 388 valence electrons. The summed E-state index contributed by atoms with van der Waals surface area (Å²) in [5, 5.41) is 0. The Balaban J connectivity index is 4.51. The first-order valence-electron chi connectivity index (χ1n) is 28.2. The molecule has 0 aliphatic rings. The van der Waals surface area contributed by atoms with E-state index in [-0.39, 0.29) is 37.5 Å². The molecule has 0 radical (unpaired) electrons. The van der Waals surface area contributed by atoms with Crippen LogP contribution in [0.2, 0.25) is 0 Å². The number of hydrogen-bond donors (Lipinski definition) is 0. The molecule has 68 heavy (non-hydrogen) atoms. The minimum atomic E-state index is -0.812. The molecule has 0 spiro atoms. The highest BCUT2D eigenvalue weighted by Gasteiger charge is 2.19. The van der Waals surface area contributed by atoms with Crippen LogP contribution < -0.4 is 0 Å². The molecule has 0 aromatic rings. The third-order valence-corrected chi connectivity index (χ3v) is 11.8. The number of ether oxygens (including phenoxy) is 3. The molecule has 0 N–H and O–H groups in total. The van der Waals surface area contributed by atoms with Gasteiger partial charge in [0.15, 0.2) is 6.10 Å². The molecule has 1 atom stereocenters. The molecule has 0 saturated carbocycles. The number of carbonyl (C=O) groups excluding carboxylic acids is 3. The van der Waals surface area contributed by atoms with E-state index in [0.717, 1.165) is 89.9 Å². The van der Waals surface area contributed by atoms with Crippen LogP contribution in [0, 0.1) is 0 Å². The van der Waals surface area contributed by atoms with Crippen LogP contribution in [0.5, 0.6) is 0 Å². The lowest BCUT2D eigenvalue weighted by atomic mass is 10.0. The van der Waals surface area contributed by atoms with Crippen molar-refractivity contribution in [3.05, 3.63) is 97.2 Å². The van der Waals surface area contributed by atoms with Crippen molar-refractivity contribution in [1.29, 1.82) is 0 Å². The molecule has 0 fully saturated rings. The van der Waals surface area contributed by atoms with Gasteiger partial charge in [-0.3, -0.25) is 14.4 Å². The lowest BCUT2D eigenvalue weighted by Crippen LogP contribution is -2.30. The molecular weight excluding hydrogens is 841 g/mol. The molecule has 0 amide bonds. The average molecular weight is 946 g/mol. The van der Waals surface area contributed by atoms with Crippen LogP contribution in [-0.2, 0) is 28.6 Å². The number of rotatable bonds is 50. The average Bonchev–Trinajstić information content (AvgIpc) is 3.34. The van der Waals surface area contributed by atoms with E-state index < -0.39 is 6.10 Å². The topological polar surface area (TPSA) is 78.9 Å². The second kappa shape index (κ2) is 55.9. The summed E-state index contributed by atoms with van der Waals surface area (Å²) in [6.45, 7) is 6.44. The number of carbonyl (C=O) groups is 3. The SMILES string of the molecule is CC/C=C\C/C=C\C/C=C\C/C=C\C/C=C\C/C=C\CCC(=O)OC[C@@H](COC(=O)CCCCCCCCCCCCCCCC)OC(=O)CCCCCCCCC/C=C\C/C=C\CCCCC. The molecule has 0 aliphatic heterocycles. The van der Waals surface area contributed by atoms with Gasteiger partial charge >= 0.3 is 17.9 Å². The van der Waals surface area contributed by atoms with E-state index in [0.29, 0.717) is 19.3 Å². The van der Waals surface area contributed by atoms with E-state index >= 15 is 0 Å². The summed E-state index contributed by atoms with van der Waals surface area (Å²) in [7, 11) is 0. The summed E-state index contributed by atoms with van der Waals surface area (Å²) in [5.41, 5.74) is 0. The van der Waals surface area contributed by atoms with Crippen molar-refractivity contribution in [2.45, 2.75) is 264 Å². The monoisotopic (exact) mass is 945 g/mol. The quantitative estimate of drug-likeness (QED) is 0.0262. The Bertz CT molecular complexity index is 1360. The zero-order valence-electron chi connectivity index (χ0n) is 44.3.